The van der Waals surface area contributed by atoms with Gasteiger partial charge < -0.3 is 9.88 Å². The van der Waals surface area contributed by atoms with Crippen LogP contribution >= 0.6 is 11.8 Å². The Bertz CT molecular complexity index is 963. The molecule has 3 aromatic rings. The van der Waals surface area contributed by atoms with E-state index in [0.29, 0.717) is 5.75 Å². The van der Waals surface area contributed by atoms with E-state index >= 15 is 0 Å². The summed E-state index contributed by atoms with van der Waals surface area (Å²) in [4.78, 5) is 12.5. The van der Waals surface area contributed by atoms with Gasteiger partial charge in [0.1, 0.15) is 0 Å². The number of benzene rings is 2. The lowest BCUT2D eigenvalue weighted by molar-refractivity contribution is -0.113. The van der Waals surface area contributed by atoms with Gasteiger partial charge in [0.2, 0.25) is 5.91 Å². The maximum Gasteiger partial charge on any atom is 0.234 e. The Balaban J connectivity index is 1.71. The quantitative estimate of drug-likeness (QED) is 0.581. The van der Waals surface area contributed by atoms with Crippen molar-refractivity contribution in [2.45, 2.75) is 45.8 Å². The minimum absolute atomic E-state index is 0.0310. The average Bonchev–Trinajstić information content (AvgIpc) is 3.11. The van der Waals surface area contributed by atoms with Crippen molar-refractivity contribution in [2.24, 2.45) is 0 Å². The van der Waals surface area contributed by atoms with Gasteiger partial charge in [-0.25, -0.2) is 0 Å². The molecule has 0 saturated carbocycles. The number of anilines is 1. The maximum atomic E-state index is 12.5. The second-order valence-corrected chi connectivity index (χ2v) is 7.66. The lowest BCUT2D eigenvalue weighted by atomic mass is 10.1. The molecule has 3 rings (SSSR count). The summed E-state index contributed by atoms with van der Waals surface area (Å²) in [6.45, 7) is 8.98. The number of hydrogen-bond acceptors (Lipinski definition) is 4. The van der Waals surface area contributed by atoms with Crippen LogP contribution in [0.3, 0.4) is 0 Å². The van der Waals surface area contributed by atoms with Crippen molar-refractivity contribution in [1.29, 1.82) is 0 Å². The summed E-state index contributed by atoms with van der Waals surface area (Å²) in [6, 6.07) is 14.3. The molecule has 0 aliphatic heterocycles. The van der Waals surface area contributed by atoms with E-state index in [-0.39, 0.29) is 5.91 Å². The fourth-order valence-electron chi connectivity index (χ4n) is 3.10. The van der Waals surface area contributed by atoms with Gasteiger partial charge in [0, 0.05) is 17.8 Å². The molecule has 28 heavy (non-hydrogen) atoms. The Hall–Kier alpha value is -2.60. The standard InChI is InChI=1S/C22H26N4OS/c1-5-17-9-7-8-16(4)20(17)23-19(27)14-28-22-25-24-21(26(22)6-2)18-12-10-15(3)11-13-18/h7-13H,5-6,14H2,1-4H3,(H,23,27). The molecule has 0 aliphatic rings. The smallest absolute Gasteiger partial charge is 0.234 e. The zero-order chi connectivity index (χ0) is 20.1. The minimum atomic E-state index is -0.0310. The van der Waals surface area contributed by atoms with Crippen molar-refractivity contribution in [3.05, 3.63) is 59.2 Å². The van der Waals surface area contributed by atoms with Gasteiger partial charge in [-0.1, -0.05) is 66.7 Å². The molecule has 1 N–H and O–H groups in total. The first-order chi connectivity index (χ1) is 13.5. The molecule has 0 bridgehead atoms. The van der Waals surface area contributed by atoms with E-state index in [1.54, 1.807) is 0 Å². The molecule has 1 aromatic heterocycles. The van der Waals surface area contributed by atoms with E-state index in [9.17, 15) is 4.79 Å². The predicted octanol–water partition coefficient (Wildman–Crippen LogP) is 4.88. The minimum Gasteiger partial charge on any atom is -0.325 e. The number of nitrogens with one attached hydrogen (secondary N) is 1. The van der Waals surface area contributed by atoms with Gasteiger partial charge in [-0.3, -0.25) is 4.79 Å². The van der Waals surface area contributed by atoms with E-state index in [4.69, 9.17) is 0 Å². The molecule has 6 heteroatoms. The lowest BCUT2D eigenvalue weighted by Crippen LogP contribution is -2.16. The number of aryl methyl sites for hydroxylation is 3. The number of carbonyl (C=O) groups is 1. The molecule has 2 aromatic carbocycles. The van der Waals surface area contributed by atoms with E-state index in [1.165, 1.54) is 17.3 Å². The lowest BCUT2D eigenvalue weighted by Gasteiger charge is -2.13. The van der Waals surface area contributed by atoms with Crippen molar-refractivity contribution in [1.82, 2.24) is 14.8 Å². The van der Waals surface area contributed by atoms with Gasteiger partial charge in [0.25, 0.3) is 0 Å². The summed E-state index contributed by atoms with van der Waals surface area (Å²) in [5.41, 5.74) is 5.39. The predicted molar refractivity (Wildman–Crippen MR) is 116 cm³/mol. The number of amides is 1. The molecule has 0 unspecified atom stereocenters. The molecule has 0 atom stereocenters. The van der Waals surface area contributed by atoms with Crippen LogP contribution in [0.5, 0.6) is 0 Å². The highest BCUT2D eigenvalue weighted by Crippen LogP contribution is 2.25. The topological polar surface area (TPSA) is 59.8 Å². The van der Waals surface area contributed by atoms with Crippen LogP contribution in [0.25, 0.3) is 11.4 Å². The number of rotatable bonds is 7. The number of carbonyl (C=O) groups excluding carboxylic acids is 1. The van der Waals surface area contributed by atoms with Crippen molar-refractivity contribution in [3.8, 4) is 11.4 Å². The molecule has 1 amide bonds. The van der Waals surface area contributed by atoms with E-state index in [1.807, 2.05) is 23.6 Å². The number of hydrogen-bond donors (Lipinski definition) is 1. The molecule has 0 radical (unpaired) electrons. The van der Waals surface area contributed by atoms with Crippen LogP contribution in [0.4, 0.5) is 5.69 Å². The summed E-state index contributed by atoms with van der Waals surface area (Å²) in [5.74, 6) is 1.10. The van der Waals surface area contributed by atoms with E-state index in [2.05, 4.69) is 66.6 Å². The Morgan fingerprint density at radius 1 is 1.07 bits per heavy atom. The van der Waals surface area contributed by atoms with Crippen LogP contribution in [0.1, 0.15) is 30.5 Å². The van der Waals surface area contributed by atoms with Crippen LogP contribution in [0.2, 0.25) is 0 Å². The van der Waals surface area contributed by atoms with Crippen molar-refractivity contribution >= 4 is 23.4 Å². The van der Waals surface area contributed by atoms with Gasteiger partial charge in [-0.15, -0.1) is 10.2 Å². The molecule has 0 saturated heterocycles. The second kappa shape index (κ2) is 9.06. The van der Waals surface area contributed by atoms with Crippen molar-refractivity contribution < 1.29 is 4.79 Å². The van der Waals surface area contributed by atoms with E-state index in [0.717, 1.165) is 46.3 Å². The molecule has 1 heterocycles. The largest absolute Gasteiger partial charge is 0.325 e. The highest BCUT2D eigenvalue weighted by molar-refractivity contribution is 7.99. The summed E-state index contributed by atoms with van der Waals surface area (Å²) in [5, 5.41) is 12.5. The fraction of sp³-hybridized carbons (Fsp3) is 0.318. The monoisotopic (exact) mass is 394 g/mol. The number of para-hydroxylation sites is 1. The first kappa shape index (κ1) is 20.1. The number of thioether (sulfide) groups is 1. The number of nitrogens with zero attached hydrogens (tertiary/aromatic N) is 3. The third-order valence-corrected chi connectivity index (χ3v) is 5.65. The maximum absolute atomic E-state index is 12.5. The van der Waals surface area contributed by atoms with Gasteiger partial charge >= 0.3 is 0 Å². The summed E-state index contributed by atoms with van der Waals surface area (Å²) in [7, 11) is 0. The van der Waals surface area contributed by atoms with Gasteiger partial charge in [0.15, 0.2) is 11.0 Å². The zero-order valence-corrected chi connectivity index (χ0v) is 17.6. The molecule has 146 valence electrons. The van der Waals surface area contributed by atoms with Gasteiger partial charge in [0.05, 0.1) is 5.75 Å². The molecule has 0 spiro atoms. The van der Waals surface area contributed by atoms with Crippen LogP contribution in [-0.2, 0) is 17.8 Å². The highest BCUT2D eigenvalue weighted by Gasteiger charge is 2.15. The first-order valence-electron chi connectivity index (χ1n) is 9.54. The highest BCUT2D eigenvalue weighted by atomic mass is 32.2. The molecule has 0 fully saturated rings. The third kappa shape index (κ3) is 4.44. The van der Waals surface area contributed by atoms with Crippen LogP contribution in [0, 0.1) is 13.8 Å². The van der Waals surface area contributed by atoms with Crippen LogP contribution in [-0.4, -0.2) is 26.4 Å². The summed E-state index contributed by atoms with van der Waals surface area (Å²) in [6.07, 6.45) is 0.883. The SMILES string of the molecule is CCc1cccc(C)c1NC(=O)CSc1nnc(-c2ccc(C)cc2)n1CC. The Morgan fingerprint density at radius 2 is 1.82 bits per heavy atom. The van der Waals surface area contributed by atoms with Crippen LogP contribution < -0.4 is 5.32 Å². The Morgan fingerprint density at radius 3 is 2.50 bits per heavy atom. The third-order valence-electron chi connectivity index (χ3n) is 4.68. The van der Waals surface area contributed by atoms with Crippen LogP contribution in [0.15, 0.2) is 47.6 Å². The average molecular weight is 395 g/mol. The van der Waals surface area contributed by atoms with Gasteiger partial charge in [-0.2, -0.15) is 0 Å². The Labute approximate surface area is 170 Å². The first-order valence-corrected chi connectivity index (χ1v) is 10.5. The fourth-order valence-corrected chi connectivity index (χ4v) is 3.91. The van der Waals surface area contributed by atoms with E-state index < -0.39 is 0 Å². The number of aromatic nitrogens is 3. The second-order valence-electron chi connectivity index (χ2n) is 6.72. The Kier molecular flexibility index (Phi) is 6.52. The summed E-state index contributed by atoms with van der Waals surface area (Å²) >= 11 is 1.41. The van der Waals surface area contributed by atoms with Crippen molar-refractivity contribution in [3.63, 3.8) is 0 Å². The zero-order valence-electron chi connectivity index (χ0n) is 16.8. The van der Waals surface area contributed by atoms with Crippen molar-refractivity contribution in [2.75, 3.05) is 11.1 Å². The molecular weight excluding hydrogens is 368 g/mol. The molecule has 5 nitrogen and oxygen atoms in total. The van der Waals surface area contributed by atoms with Gasteiger partial charge in [-0.05, 0) is 38.3 Å². The normalized spacial score (nSPS) is 10.9. The molecule has 0 aliphatic carbocycles. The molecular formula is C22H26N4OS. The summed E-state index contributed by atoms with van der Waals surface area (Å²) < 4.78 is 2.05.